The van der Waals surface area contributed by atoms with E-state index in [0.717, 1.165) is 18.7 Å². The van der Waals surface area contributed by atoms with E-state index in [1.807, 2.05) is 12.1 Å². The maximum Gasteiger partial charge on any atom is 0.237 e. The number of fused-ring (bicyclic) bond motifs is 1. The molecule has 2 N–H and O–H groups in total. The lowest BCUT2D eigenvalue weighted by atomic mass is 9.77. The molecule has 0 aromatic heterocycles. The molecule has 2 unspecified atom stereocenters. The second-order valence-corrected chi connectivity index (χ2v) is 7.95. The van der Waals surface area contributed by atoms with Gasteiger partial charge < -0.3 is 24.8 Å². The van der Waals surface area contributed by atoms with E-state index in [2.05, 4.69) is 16.3 Å². The summed E-state index contributed by atoms with van der Waals surface area (Å²) in [5.74, 6) is 1.54. The Bertz CT molecular complexity index is 645. The summed E-state index contributed by atoms with van der Waals surface area (Å²) >= 11 is 0. The Morgan fingerprint density at radius 1 is 1.29 bits per heavy atom. The molecule has 1 aromatic rings. The minimum atomic E-state index is -0.599. The molecule has 28 heavy (non-hydrogen) atoms. The average molecular weight is 391 g/mol. The fourth-order valence-corrected chi connectivity index (χ4v) is 4.79. The number of nitrogens with one attached hydrogen (secondary N) is 1. The molecular formula is C22H34N2O4. The summed E-state index contributed by atoms with van der Waals surface area (Å²) in [7, 11) is 3.28. The molecule has 6 heteroatoms. The van der Waals surface area contributed by atoms with Gasteiger partial charge in [0, 0.05) is 25.8 Å². The van der Waals surface area contributed by atoms with E-state index >= 15 is 0 Å². The minimum Gasteiger partial charge on any atom is -0.496 e. The Labute approximate surface area is 168 Å². The van der Waals surface area contributed by atoms with Gasteiger partial charge in [0.1, 0.15) is 5.75 Å². The molecule has 1 aliphatic carbocycles. The van der Waals surface area contributed by atoms with Crippen molar-refractivity contribution in [3.05, 3.63) is 29.3 Å². The molecule has 6 nitrogen and oxygen atoms in total. The monoisotopic (exact) mass is 390 g/mol. The SMILES string of the molecule is COCC(O)CNCC(=O)N1CCc2c(OC)cccc2C1C1CCCCC1. The van der Waals surface area contributed by atoms with Crippen LogP contribution in [0.1, 0.15) is 49.3 Å². The molecule has 1 heterocycles. The van der Waals surface area contributed by atoms with Crippen LogP contribution < -0.4 is 10.1 Å². The number of ether oxygens (including phenoxy) is 2. The first kappa shape index (κ1) is 21.1. The first-order chi connectivity index (χ1) is 13.7. The van der Waals surface area contributed by atoms with Gasteiger partial charge in [0.2, 0.25) is 5.91 Å². The summed E-state index contributed by atoms with van der Waals surface area (Å²) in [5, 5.41) is 12.9. The van der Waals surface area contributed by atoms with Crippen molar-refractivity contribution < 1.29 is 19.4 Å². The number of nitrogens with zero attached hydrogens (tertiary/aromatic N) is 1. The highest BCUT2D eigenvalue weighted by molar-refractivity contribution is 5.79. The van der Waals surface area contributed by atoms with Gasteiger partial charge in [-0.3, -0.25) is 4.79 Å². The number of carbonyl (C=O) groups is 1. The third-order valence-electron chi connectivity index (χ3n) is 6.08. The number of aliphatic hydroxyl groups is 1. The zero-order valence-electron chi connectivity index (χ0n) is 17.2. The molecule has 156 valence electrons. The van der Waals surface area contributed by atoms with Gasteiger partial charge >= 0.3 is 0 Å². The van der Waals surface area contributed by atoms with Gasteiger partial charge in [0.15, 0.2) is 0 Å². The van der Waals surface area contributed by atoms with Crippen molar-refractivity contribution >= 4 is 5.91 Å². The van der Waals surface area contributed by atoms with Crippen molar-refractivity contribution in [2.24, 2.45) is 5.92 Å². The summed E-state index contributed by atoms with van der Waals surface area (Å²) in [6.45, 7) is 1.58. The Morgan fingerprint density at radius 3 is 2.79 bits per heavy atom. The molecule has 1 amide bonds. The van der Waals surface area contributed by atoms with Crippen molar-refractivity contribution in [3.8, 4) is 5.75 Å². The van der Waals surface area contributed by atoms with Gasteiger partial charge in [-0.25, -0.2) is 0 Å². The number of carbonyl (C=O) groups excluding carboxylic acids is 1. The predicted molar refractivity (Wildman–Crippen MR) is 108 cm³/mol. The van der Waals surface area contributed by atoms with E-state index in [9.17, 15) is 9.90 Å². The number of hydrogen-bond acceptors (Lipinski definition) is 5. The maximum absolute atomic E-state index is 13.1. The van der Waals surface area contributed by atoms with Gasteiger partial charge in [0.05, 0.1) is 32.4 Å². The lowest BCUT2D eigenvalue weighted by molar-refractivity contribution is -0.135. The lowest BCUT2D eigenvalue weighted by Gasteiger charge is -2.43. The van der Waals surface area contributed by atoms with Crippen molar-refractivity contribution in [1.82, 2.24) is 10.2 Å². The van der Waals surface area contributed by atoms with E-state index in [-0.39, 0.29) is 25.1 Å². The first-order valence-electron chi connectivity index (χ1n) is 10.5. The number of aliphatic hydroxyl groups excluding tert-OH is 1. The fraction of sp³-hybridized carbons (Fsp3) is 0.682. The Hall–Kier alpha value is -1.63. The summed E-state index contributed by atoms with van der Waals surface area (Å²) in [6.07, 6.45) is 6.34. The number of hydrogen-bond donors (Lipinski definition) is 2. The van der Waals surface area contributed by atoms with Crippen LogP contribution in [0, 0.1) is 5.92 Å². The van der Waals surface area contributed by atoms with Crippen LogP contribution in [-0.4, -0.2) is 62.5 Å². The third-order valence-corrected chi connectivity index (χ3v) is 6.08. The molecule has 1 aliphatic heterocycles. The van der Waals surface area contributed by atoms with Crippen molar-refractivity contribution in [3.63, 3.8) is 0 Å². The van der Waals surface area contributed by atoms with Gasteiger partial charge in [-0.1, -0.05) is 31.4 Å². The standard InChI is InChI=1S/C22H34N2O4/c1-27-15-17(25)13-23-14-21(26)24-12-11-18-19(9-6-10-20(18)28-2)22(24)16-7-4-3-5-8-16/h6,9-10,16-17,22-23,25H,3-5,7-8,11-15H2,1-2H3. The van der Waals surface area contributed by atoms with Gasteiger partial charge in [-0.05, 0) is 36.8 Å². The van der Waals surface area contributed by atoms with Crippen LogP contribution in [0.15, 0.2) is 18.2 Å². The highest BCUT2D eigenvalue weighted by Crippen LogP contribution is 2.44. The molecule has 2 atom stereocenters. The van der Waals surface area contributed by atoms with Crippen LogP contribution in [0.4, 0.5) is 0 Å². The van der Waals surface area contributed by atoms with Crippen molar-refractivity contribution in [2.45, 2.75) is 50.7 Å². The number of methoxy groups -OCH3 is 2. The van der Waals surface area contributed by atoms with Crippen LogP contribution in [-0.2, 0) is 16.0 Å². The van der Waals surface area contributed by atoms with E-state index in [1.165, 1.54) is 43.2 Å². The molecular weight excluding hydrogens is 356 g/mol. The van der Waals surface area contributed by atoms with Crippen LogP contribution in [0.3, 0.4) is 0 Å². The minimum absolute atomic E-state index is 0.105. The largest absolute Gasteiger partial charge is 0.496 e. The summed E-state index contributed by atoms with van der Waals surface area (Å²) in [4.78, 5) is 15.1. The topological polar surface area (TPSA) is 71.0 Å². The molecule has 1 fully saturated rings. The van der Waals surface area contributed by atoms with Gasteiger partial charge in [0.25, 0.3) is 0 Å². The van der Waals surface area contributed by atoms with E-state index in [0.29, 0.717) is 12.5 Å². The summed E-state index contributed by atoms with van der Waals surface area (Å²) in [6, 6.07) is 6.36. The molecule has 0 spiro atoms. The second kappa shape index (κ2) is 10.2. The second-order valence-electron chi connectivity index (χ2n) is 7.95. The molecule has 2 aliphatic rings. The average Bonchev–Trinajstić information content (AvgIpc) is 2.73. The van der Waals surface area contributed by atoms with Crippen molar-refractivity contribution in [2.75, 3.05) is 40.5 Å². The highest BCUT2D eigenvalue weighted by atomic mass is 16.5. The molecule has 1 saturated carbocycles. The molecule has 0 bridgehead atoms. The van der Waals surface area contributed by atoms with Crippen LogP contribution in [0.2, 0.25) is 0 Å². The number of benzene rings is 1. The van der Waals surface area contributed by atoms with E-state index < -0.39 is 6.10 Å². The smallest absolute Gasteiger partial charge is 0.237 e. The Balaban J connectivity index is 1.76. The van der Waals surface area contributed by atoms with Gasteiger partial charge in [-0.2, -0.15) is 0 Å². The maximum atomic E-state index is 13.1. The normalized spacial score (nSPS) is 21.2. The zero-order valence-corrected chi connectivity index (χ0v) is 17.2. The quantitative estimate of drug-likeness (QED) is 0.713. The van der Waals surface area contributed by atoms with Crippen LogP contribution in [0.25, 0.3) is 0 Å². The van der Waals surface area contributed by atoms with Crippen LogP contribution >= 0.6 is 0 Å². The number of rotatable bonds is 8. The van der Waals surface area contributed by atoms with Gasteiger partial charge in [-0.15, -0.1) is 0 Å². The molecule has 3 rings (SSSR count). The summed E-state index contributed by atoms with van der Waals surface area (Å²) < 4.78 is 10.5. The Kier molecular flexibility index (Phi) is 7.71. The zero-order chi connectivity index (χ0) is 19.9. The van der Waals surface area contributed by atoms with E-state index in [4.69, 9.17) is 9.47 Å². The molecule has 0 radical (unpaired) electrons. The molecule has 1 aromatic carbocycles. The molecule has 0 saturated heterocycles. The van der Waals surface area contributed by atoms with E-state index in [1.54, 1.807) is 14.2 Å². The third kappa shape index (κ3) is 4.85. The highest BCUT2D eigenvalue weighted by Gasteiger charge is 2.37. The Morgan fingerprint density at radius 2 is 2.07 bits per heavy atom. The number of amides is 1. The summed E-state index contributed by atoms with van der Waals surface area (Å²) in [5.41, 5.74) is 2.51. The first-order valence-corrected chi connectivity index (χ1v) is 10.5. The fourth-order valence-electron chi connectivity index (χ4n) is 4.79. The van der Waals surface area contributed by atoms with Crippen LogP contribution in [0.5, 0.6) is 5.75 Å². The lowest BCUT2D eigenvalue weighted by Crippen LogP contribution is -2.47. The predicted octanol–water partition coefficient (Wildman–Crippen LogP) is 2.30. The van der Waals surface area contributed by atoms with Crippen molar-refractivity contribution in [1.29, 1.82) is 0 Å².